The average molecular weight is 302 g/mol. The third kappa shape index (κ3) is 5.29. The van der Waals surface area contributed by atoms with Crippen LogP contribution < -0.4 is 10.7 Å². The largest absolute Gasteiger partial charge is 0.347 e. The summed E-state index contributed by atoms with van der Waals surface area (Å²) < 4.78 is 0. The number of hydrogen-bond acceptors (Lipinski definition) is 4. The first-order chi connectivity index (χ1) is 10.6. The number of hydrogen-bond donors (Lipinski definition) is 2. The highest BCUT2D eigenvalue weighted by Gasteiger charge is 2.14. The highest BCUT2D eigenvalue weighted by Crippen LogP contribution is 2.04. The zero-order valence-corrected chi connectivity index (χ0v) is 12.8. The van der Waals surface area contributed by atoms with Gasteiger partial charge in [-0.05, 0) is 19.0 Å². The minimum atomic E-state index is -0.709. The van der Waals surface area contributed by atoms with E-state index < -0.39 is 11.8 Å². The second-order valence-corrected chi connectivity index (χ2v) is 5.41. The lowest BCUT2D eigenvalue weighted by atomic mass is 10.1. The van der Waals surface area contributed by atoms with E-state index in [1.807, 2.05) is 30.3 Å². The standard InChI is InChI=1S/C16H22N4O2/c1-20-11-8-14(9-12-20)18-19-16(22)15(21)17-10-7-13-5-3-2-4-6-13/h2-6H,7-12H2,1H3,(H,17,21)(H,19,22). The van der Waals surface area contributed by atoms with Gasteiger partial charge in [0.15, 0.2) is 0 Å². The molecule has 1 aliphatic rings. The second-order valence-electron chi connectivity index (χ2n) is 5.41. The SMILES string of the molecule is CN1CCC(=NNC(=O)C(=O)NCCc2ccccc2)CC1. The lowest BCUT2D eigenvalue weighted by Gasteiger charge is -2.22. The fourth-order valence-electron chi connectivity index (χ4n) is 2.21. The molecule has 0 spiro atoms. The van der Waals surface area contributed by atoms with E-state index in [1.54, 1.807) is 0 Å². The van der Waals surface area contributed by atoms with E-state index >= 15 is 0 Å². The molecule has 0 aromatic heterocycles. The van der Waals surface area contributed by atoms with E-state index in [0.717, 1.165) is 37.2 Å². The summed E-state index contributed by atoms with van der Waals surface area (Å²) in [5.41, 5.74) is 4.39. The smallest absolute Gasteiger partial charge is 0.329 e. The Morgan fingerprint density at radius 2 is 1.82 bits per heavy atom. The molecule has 22 heavy (non-hydrogen) atoms. The lowest BCUT2D eigenvalue weighted by Crippen LogP contribution is -2.39. The Hall–Kier alpha value is -2.21. The summed E-state index contributed by atoms with van der Waals surface area (Å²) in [6.45, 7) is 2.29. The van der Waals surface area contributed by atoms with Crippen molar-refractivity contribution in [3.05, 3.63) is 35.9 Å². The van der Waals surface area contributed by atoms with Gasteiger partial charge in [0, 0.05) is 38.2 Å². The van der Waals surface area contributed by atoms with Gasteiger partial charge in [0.1, 0.15) is 0 Å². The van der Waals surface area contributed by atoms with Crippen LogP contribution in [0.4, 0.5) is 0 Å². The van der Waals surface area contributed by atoms with Crippen LogP contribution in [0.5, 0.6) is 0 Å². The molecule has 0 radical (unpaired) electrons. The first-order valence-electron chi connectivity index (χ1n) is 7.51. The highest BCUT2D eigenvalue weighted by atomic mass is 16.2. The summed E-state index contributed by atoms with van der Waals surface area (Å²) in [5.74, 6) is -1.35. The molecule has 1 heterocycles. The van der Waals surface area contributed by atoms with Crippen molar-refractivity contribution >= 4 is 17.5 Å². The molecule has 0 aliphatic carbocycles. The summed E-state index contributed by atoms with van der Waals surface area (Å²) in [4.78, 5) is 25.5. The van der Waals surface area contributed by atoms with Gasteiger partial charge in [0.25, 0.3) is 0 Å². The molecule has 6 nitrogen and oxygen atoms in total. The van der Waals surface area contributed by atoms with Crippen LogP contribution in [-0.4, -0.2) is 49.1 Å². The maximum Gasteiger partial charge on any atom is 0.329 e. The van der Waals surface area contributed by atoms with Crippen molar-refractivity contribution in [3.8, 4) is 0 Å². The van der Waals surface area contributed by atoms with Crippen molar-refractivity contribution in [3.63, 3.8) is 0 Å². The van der Waals surface area contributed by atoms with Crippen LogP contribution in [0.3, 0.4) is 0 Å². The first-order valence-corrected chi connectivity index (χ1v) is 7.51. The summed E-state index contributed by atoms with van der Waals surface area (Å²) in [6.07, 6.45) is 2.35. The number of benzene rings is 1. The second kappa shape index (κ2) is 8.29. The summed E-state index contributed by atoms with van der Waals surface area (Å²) in [5, 5.41) is 6.63. The quantitative estimate of drug-likeness (QED) is 0.630. The Balaban J connectivity index is 1.68. The van der Waals surface area contributed by atoms with E-state index in [1.165, 1.54) is 0 Å². The Bertz CT molecular complexity index is 532. The molecule has 2 N–H and O–H groups in total. The molecule has 1 aromatic carbocycles. The molecule has 1 saturated heterocycles. The summed E-state index contributed by atoms with van der Waals surface area (Å²) in [7, 11) is 2.05. The number of hydrazone groups is 1. The maximum absolute atomic E-state index is 11.7. The van der Waals surface area contributed by atoms with Crippen molar-refractivity contribution in [2.45, 2.75) is 19.3 Å². The molecule has 1 aliphatic heterocycles. The van der Waals surface area contributed by atoms with E-state index in [2.05, 4.69) is 27.8 Å². The molecule has 118 valence electrons. The van der Waals surface area contributed by atoms with Crippen LogP contribution in [-0.2, 0) is 16.0 Å². The number of nitrogens with zero attached hydrogens (tertiary/aromatic N) is 2. The van der Waals surface area contributed by atoms with Gasteiger partial charge in [0.2, 0.25) is 0 Å². The predicted octanol–water partition coefficient (Wildman–Crippen LogP) is 0.543. The fraction of sp³-hybridized carbons (Fsp3) is 0.438. The van der Waals surface area contributed by atoms with Crippen molar-refractivity contribution in [1.29, 1.82) is 0 Å². The van der Waals surface area contributed by atoms with Crippen molar-refractivity contribution in [2.24, 2.45) is 5.10 Å². The monoisotopic (exact) mass is 302 g/mol. The zero-order valence-electron chi connectivity index (χ0n) is 12.8. The van der Waals surface area contributed by atoms with Gasteiger partial charge < -0.3 is 10.2 Å². The molecule has 0 atom stereocenters. The Morgan fingerprint density at radius 1 is 1.14 bits per heavy atom. The van der Waals surface area contributed by atoms with Crippen LogP contribution in [0.1, 0.15) is 18.4 Å². The van der Waals surface area contributed by atoms with Crippen LogP contribution >= 0.6 is 0 Å². The molecule has 2 rings (SSSR count). The number of carbonyl (C=O) groups excluding carboxylic acids is 2. The predicted molar refractivity (Wildman–Crippen MR) is 85.5 cm³/mol. The van der Waals surface area contributed by atoms with Gasteiger partial charge in [-0.15, -0.1) is 0 Å². The molecular formula is C16H22N4O2. The number of rotatable bonds is 4. The molecule has 0 saturated carbocycles. The molecule has 1 aromatic rings. The average Bonchev–Trinajstić information content (AvgIpc) is 2.55. The van der Waals surface area contributed by atoms with E-state index in [9.17, 15) is 9.59 Å². The number of piperidine rings is 1. The number of carbonyl (C=O) groups is 2. The minimum absolute atomic E-state index is 0.428. The summed E-state index contributed by atoms with van der Waals surface area (Å²) in [6, 6.07) is 9.80. The van der Waals surface area contributed by atoms with Crippen LogP contribution in [0.2, 0.25) is 0 Å². The molecule has 6 heteroatoms. The molecular weight excluding hydrogens is 280 g/mol. The first kappa shape index (κ1) is 16.2. The van der Waals surface area contributed by atoms with Crippen LogP contribution in [0, 0.1) is 0 Å². The van der Waals surface area contributed by atoms with Gasteiger partial charge in [-0.2, -0.15) is 5.10 Å². The van der Waals surface area contributed by atoms with E-state index in [0.29, 0.717) is 13.0 Å². The summed E-state index contributed by atoms with van der Waals surface area (Å²) >= 11 is 0. The minimum Gasteiger partial charge on any atom is -0.347 e. The van der Waals surface area contributed by atoms with Gasteiger partial charge in [-0.25, -0.2) is 5.43 Å². The number of nitrogens with one attached hydrogen (secondary N) is 2. The van der Waals surface area contributed by atoms with Gasteiger partial charge >= 0.3 is 11.8 Å². The van der Waals surface area contributed by atoms with Gasteiger partial charge in [-0.1, -0.05) is 30.3 Å². The zero-order chi connectivity index (χ0) is 15.8. The van der Waals surface area contributed by atoms with E-state index in [-0.39, 0.29) is 0 Å². The molecule has 0 bridgehead atoms. The fourth-order valence-corrected chi connectivity index (χ4v) is 2.21. The van der Waals surface area contributed by atoms with Crippen molar-refractivity contribution < 1.29 is 9.59 Å². The molecule has 1 fully saturated rings. The van der Waals surface area contributed by atoms with Crippen molar-refractivity contribution in [1.82, 2.24) is 15.6 Å². The number of amides is 2. The lowest BCUT2D eigenvalue weighted by molar-refractivity contribution is -0.139. The van der Waals surface area contributed by atoms with Crippen LogP contribution in [0.15, 0.2) is 35.4 Å². The normalized spacial score (nSPS) is 15.2. The van der Waals surface area contributed by atoms with Gasteiger partial charge in [0.05, 0.1) is 0 Å². The molecule has 2 amide bonds. The Morgan fingerprint density at radius 3 is 2.50 bits per heavy atom. The maximum atomic E-state index is 11.7. The van der Waals surface area contributed by atoms with Gasteiger partial charge in [-0.3, -0.25) is 9.59 Å². The topological polar surface area (TPSA) is 73.8 Å². The number of likely N-dealkylation sites (tertiary alicyclic amines) is 1. The third-order valence-corrected chi connectivity index (χ3v) is 3.63. The Labute approximate surface area is 130 Å². The molecule has 0 unspecified atom stereocenters. The third-order valence-electron chi connectivity index (χ3n) is 3.63. The van der Waals surface area contributed by atoms with E-state index in [4.69, 9.17) is 0 Å². The Kier molecular flexibility index (Phi) is 6.09. The van der Waals surface area contributed by atoms with Crippen molar-refractivity contribution in [2.75, 3.05) is 26.7 Å². The highest BCUT2D eigenvalue weighted by molar-refractivity contribution is 6.35. The van der Waals surface area contributed by atoms with Crippen LogP contribution in [0.25, 0.3) is 0 Å².